The Hall–Kier alpha value is -1.14. The van der Waals surface area contributed by atoms with E-state index >= 15 is 0 Å². The third kappa shape index (κ3) is 7.90. The molecule has 0 aromatic heterocycles. The number of primary amides is 1. The number of amides is 1. The van der Waals surface area contributed by atoms with E-state index in [0.717, 1.165) is 12.8 Å². The van der Waals surface area contributed by atoms with E-state index in [4.69, 9.17) is 15.6 Å². The van der Waals surface area contributed by atoms with Gasteiger partial charge in [0.15, 0.2) is 0 Å². The number of rotatable bonds is 8. The molecule has 0 saturated carbocycles. The highest BCUT2D eigenvalue weighted by molar-refractivity contribution is 5.78. The molecule has 1 unspecified atom stereocenters. The van der Waals surface area contributed by atoms with Gasteiger partial charge < -0.3 is 20.9 Å². The Balaban J connectivity index is 3.42. The summed E-state index contributed by atoms with van der Waals surface area (Å²) in [4.78, 5) is 21.4. The molecule has 1 atom stereocenters. The number of unbranched alkanes of at least 4 members (excludes halogenated alkanes) is 1. The van der Waals surface area contributed by atoms with Crippen molar-refractivity contribution in [3.8, 4) is 0 Å². The predicted molar refractivity (Wildman–Crippen MR) is 53.9 cm³/mol. The number of esters is 1. The molecule has 0 radical (unpaired) electrons. The minimum absolute atomic E-state index is 0.0337. The van der Waals surface area contributed by atoms with Gasteiger partial charge in [0.05, 0.1) is 13.2 Å². The van der Waals surface area contributed by atoms with E-state index < -0.39 is 18.0 Å². The first-order valence-corrected chi connectivity index (χ1v) is 4.91. The zero-order valence-electron chi connectivity index (χ0n) is 8.86. The van der Waals surface area contributed by atoms with E-state index in [1.165, 1.54) is 0 Å². The number of aliphatic hydroxyl groups is 1. The van der Waals surface area contributed by atoms with E-state index in [2.05, 4.69) is 5.32 Å². The maximum atomic E-state index is 11.0. The monoisotopic (exact) mass is 218 g/mol. The molecule has 0 fully saturated rings. The molecular formula is C9H18N2O4. The van der Waals surface area contributed by atoms with Crippen LogP contribution in [0.1, 0.15) is 19.8 Å². The molecule has 4 N–H and O–H groups in total. The number of carbonyl (C=O) groups is 2. The average molecular weight is 218 g/mol. The Morgan fingerprint density at radius 1 is 1.53 bits per heavy atom. The fourth-order valence-electron chi connectivity index (χ4n) is 0.793. The van der Waals surface area contributed by atoms with E-state index in [-0.39, 0.29) is 13.1 Å². The van der Waals surface area contributed by atoms with Crippen LogP contribution in [0.3, 0.4) is 0 Å². The molecule has 0 spiro atoms. The minimum Gasteiger partial charge on any atom is -0.465 e. The summed E-state index contributed by atoms with van der Waals surface area (Å²) in [6, 6.07) is 0. The van der Waals surface area contributed by atoms with Crippen LogP contribution < -0.4 is 11.1 Å². The van der Waals surface area contributed by atoms with Crippen LogP contribution in [0.15, 0.2) is 0 Å². The summed E-state index contributed by atoms with van der Waals surface area (Å²) < 4.78 is 4.83. The van der Waals surface area contributed by atoms with Crippen molar-refractivity contribution in [2.75, 3.05) is 19.7 Å². The fraction of sp³-hybridized carbons (Fsp3) is 0.778. The van der Waals surface area contributed by atoms with Gasteiger partial charge in [0.2, 0.25) is 5.91 Å². The standard InChI is InChI=1S/C9H18N2O4/c1-2-3-4-15-8(13)6-11-5-7(12)9(10)14/h7,11-12H,2-6H2,1H3,(H2,10,14). The SMILES string of the molecule is CCCCOC(=O)CNCC(O)C(N)=O. The Morgan fingerprint density at radius 2 is 2.20 bits per heavy atom. The van der Waals surface area contributed by atoms with Gasteiger partial charge in [-0.1, -0.05) is 13.3 Å². The number of hydrogen-bond donors (Lipinski definition) is 3. The van der Waals surface area contributed by atoms with Crippen LogP contribution in [0.5, 0.6) is 0 Å². The highest BCUT2D eigenvalue weighted by Crippen LogP contribution is 1.88. The fourth-order valence-corrected chi connectivity index (χ4v) is 0.793. The van der Waals surface area contributed by atoms with Gasteiger partial charge in [-0.15, -0.1) is 0 Å². The van der Waals surface area contributed by atoms with Crippen molar-refractivity contribution in [3.63, 3.8) is 0 Å². The van der Waals surface area contributed by atoms with Crippen LogP contribution in [-0.2, 0) is 14.3 Å². The summed E-state index contributed by atoms with van der Waals surface area (Å²) in [5.41, 5.74) is 4.81. The summed E-state index contributed by atoms with van der Waals surface area (Å²) >= 11 is 0. The maximum absolute atomic E-state index is 11.0. The maximum Gasteiger partial charge on any atom is 0.319 e. The van der Waals surface area contributed by atoms with E-state index in [9.17, 15) is 9.59 Å². The molecule has 0 aliphatic carbocycles. The third-order valence-corrected chi connectivity index (χ3v) is 1.70. The van der Waals surface area contributed by atoms with Gasteiger partial charge in [0, 0.05) is 6.54 Å². The molecule has 0 saturated heterocycles. The summed E-state index contributed by atoms with van der Waals surface area (Å²) in [5.74, 6) is -1.22. The molecule has 1 amide bonds. The topological polar surface area (TPSA) is 102 Å². The molecule has 0 rings (SSSR count). The number of nitrogens with two attached hydrogens (primary N) is 1. The highest BCUT2D eigenvalue weighted by Gasteiger charge is 2.10. The molecular weight excluding hydrogens is 200 g/mol. The zero-order valence-corrected chi connectivity index (χ0v) is 8.86. The Kier molecular flexibility index (Phi) is 7.57. The normalized spacial score (nSPS) is 12.1. The van der Waals surface area contributed by atoms with Gasteiger partial charge in [-0.2, -0.15) is 0 Å². The van der Waals surface area contributed by atoms with Crippen molar-refractivity contribution in [3.05, 3.63) is 0 Å². The molecule has 6 nitrogen and oxygen atoms in total. The molecule has 0 bridgehead atoms. The molecule has 0 aliphatic rings. The summed E-state index contributed by atoms with van der Waals surface area (Å²) in [5, 5.41) is 11.5. The van der Waals surface area contributed by atoms with E-state index in [1.807, 2.05) is 6.92 Å². The molecule has 0 aliphatic heterocycles. The largest absolute Gasteiger partial charge is 0.465 e. The second-order valence-corrected chi connectivity index (χ2v) is 3.12. The molecule has 0 aromatic rings. The van der Waals surface area contributed by atoms with Crippen LogP contribution in [0.2, 0.25) is 0 Å². The van der Waals surface area contributed by atoms with Gasteiger partial charge in [-0.25, -0.2) is 0 Å². The van der Waals surface area contributed by atoms with Gasteiger partial charge in [0.1, 0.15) is 6.10 Å². The lowest BCUT2D eigenvalue weighted by Crippen LogP contribution is -2.39. The number of hydrogen-bond acceptors (Lipinski definition) is 5. The summed E-state index contributed by atoms with van der Waals surface area (Å²) in [7, 11) is 0. The molecule has 15 heavy (non-hydrogen) atoms. The Labute approximate surface area is 88.8 Å². The van der Waals surface area contributed by atoms with Crippen LogP contribution in [0.25, 0.3) is 0 Å². The van der Waals surface area contributed by atoms with Crippen LogP contribution in [-0.4, -0.2) is 42.8 Å². The average Bonchev–Trinajstić information content (AvgIpc) is 2.18. The van der Waals surface area contributed by atoms with Gasteiger partial charge in [-0.3, -0.25) is 9.59 Å². The van der Waals surface area contributed by atoms with Crippen molar-refractivity contribution in [1.82, 2.24) is 5.32 Å². The minimum atomic E-state index is -1.27. The molecule has 0 heterocycles. The van der Waals surface area contributed by atoms with E-state index in [1.54, 1.807) is 0 Å². The number of carbonyl (C=O) groups excluding carboxylic acids is 2. The first-order chi connectivity index (χ1) is 7.07. The van der Waals surface area contributed by atoms with Gasteiger partial charge >= 0.3 is 5.97 Å². The lowest BCUT2D eigenvalue weighted by atomic mass is 10.3. The first kappa shape index (κ1) is 13.9. The van der Waals surface area contributed by atoms with Crippen molar-refractivity contribution in [1.29, 1.82) is 0 Å². The lowest BCUT2D eigenvalue weighted by molar-refractivity contribution is -0.143. The molecule has 0 aromatic carbocycles. The third-order valence-electron chi connectivity index (χ3n) is 1.70. The second-order valence-electron chi connectivity index (χ2n) is 3.12. The van der Waals surface area contributed by atoms with Crippen LogP contribution >= 0.6 is 0 Å². The zero-order chi connectivity index (χ0) is 11.7. The number of aliphatic hydroxyl groups excluding tert-OH is 1. The van der Waals surface area contributed by atoms with Crippen LogP contribution in [0.4, 0.5) is 0 Å². The Bertz CT molecular complexity index is 208. The first-order valence-electron chi connectivity index (χ1n) is 4.91. The van der Waals surface area contributed by atoms with E-state index in [0.29, 0.717) is 6.61 Å². The van der Waals surface area contributed by atoms with Crippen molar-refractivity contribution in [2.24, 2.45) is 5.73 Å². The summed E-state index contributed by atoms with van der Waals surface area (Å²) in [6.07, 6.45) is 0.518. The lowest BCUT2D eigenvalue weighted by Gasteiger charge is -2.08. The highest BCUT2D eigenvalue weighted by atomic mass is 16.5. The number of nitrogens with one attached hydrogen (secondary N) is 1. The van der Waals surface area contributed by atoms with Crippen molar-refractivity contribution in [2.45, 2.75) is 25.9 Å². The van der Waals surface area contributed by atoms with Gasteiger partial charge in [-0.05, 0) is 6.42 Å². The van der Waals surface area contributed by atoms with Crippen molar-refractivity contribution < 1.29 is 19.4 Å². The second kappa shape index (κ2) is 8.19. The predicted octanol–water partition coefficient (Wildman–Crippen LogP) is -1.23. The van der Waals surface area contributed by atoms with Crippen LogP contribution in [0, 0.1) is 0 Å². The van der Waals surface area contributed by atoms with Crippen molar-refractivity contribution >= 4 is 11.9 Å². The Morgan fingerprint density at radius 3 is 2.73 bits per heavy atom. The molecule has 6 heteroatoms. The molecule has 88 valence electrons. The van der Waals surface area contributed by atoms with Gasteiger partial charge in [0.25, 0.3) is 0 Å². The number of ether oxygens (including phenoxy) is 1. The smallest absolute Gasteiger partial charge is 0.319 e. The summed E-state index contributed by atoms with van der Waals surface area (Å²) in [6.45, 7) is 2.32. The quantitative estimate of drug-likeness (QED) is 0.349.